The van der Waals surface area contributed by atoms with E-state index >= 15 is 0 Å². The molecule has 2 nitrogen and oxygen atoms in total. The molecule has 102 valence electrons. The van der Waals surface area contributed by atoms with Crippen molar-refractivity contribution in [1.29, 1.82) is 0 Å². The highest BCUT2D eigenvalue weighted by molar-refractivity contribution is 9.10. The van der Waals surface area contributed by atoms with Crippen LogP contribution in [0.2, 0.25) is 0 Å². The summed E-state index contributed by atoms with van der Waals surface area (Å²) in [7, 11) is 0. The quantitative estimate of drug-likeness (QED) is 0.832. The van der Waals surface area contributed by atoms with Crippen molar-refractivity contribution in [2.75, 3.05) is 32.7 Å². The van der Waals surface area contributed by atoms with Crippen LogP contribution in [0, 0.1) is 0 Å². The molecule has 0 bridgehead atoms. The summed E-state index contributed by atoms with van der Waals surface area (Å²) in [6, 6.07) is 2.06. The zero-order valence-electron chi connectivity index (χ0n) is 9.71. The van der Waals surface area contributed by atoms with Gasteiger partial charge in [0.15, 0.2) is 0 Å². The van der Waals surface area contributed by atoms with E-state index in [4.69, 9.17) is 0 Å². The van der Waals surface area contributed by atoms with Crippen LogP contribution in [0.1, 0.15) is 4.88 Å². The zero-order valence-corrected chi connectivity index (χ0v) is 12.1. The minimum Gasteiger partial charge on any atom is -0.296 e. The van der Waals surface area contributed by atoms with Gasteiger partial charge in [-0.2, -0.15) is 13.2 Å². The lowest BCUT2D eigenvalue weighted by Crippen LogP contribution is -2.48. The van der Waals surface area contributed by atoms with Gasteiger partial charge < -0.3 is 0 Å². The Morgan fingerprint density at radius 2 is 1.78 bits per heavy atom. The minimum atomic E-state index is -4.08. The van der Waals surface area contributed by atoms with Gasteiger partial charge >= 0.3 is 6.18 Å². The monoisotopic (exact) mass is 342 g/mol. The molecule has 0 aromatic carbocycles. The minimum absolute atomic E-state index is 0.492. The van der Waals surface area contributed by atoms with Gasteiger partial charge in [-0.15, -0.1) is 11.3 Å². The third-order valence-electron chi connectivity index (χ3n) is 2.87. The highest BCUT2D eigenvalue weighted by Gasteiger charge is 2.32. The van der Waals surface area contributed by atoms with E-state index in [1.54, 1.807) is 11.3 Å². The van der Waals surface area contributed by atoms with Crippen LogP contribution in [0.25, 0.3) is 0 Å². The fourth-order valence-corrected chi connectivity index (χ4v) is 3.51. The van der Waals surface area contributed by atoms with Crippen LogP contribution >= 0.6 is 27.3 Å². The first-order chi connectivity index (χ1) is 8.42. The predicted octanol–water partition coefficient (Wildman–Crippen LogP) is 3.19. The summed E-state index contributed by atoms with van der Waals surface area (Å²) in [5, 5.41) is 2.02. The third kappa shape index (κ3) is 4.53. The summed E-state index contributed by atoms with van der Waals surface area (Å²) in [6.45, 7) is 2.43. The molecule has 0 radical (unpaired) electrons. The van der Waals surface area contributed by atoms with E-state index in [1.807, 2.05) is 5.38 Å². The Bertz CT molecular complexity index is 386. The van der Waals surface area contributed by atoms with Crippen LogP contribution in [-0.4, -0.2) is 48.7 Å². The topological polar surface area (TPSA) is 6.48 Å². The molecule has 18 heavy (non-hydrogen) atoms. The van der Waals surface area contributed by atoms with Crippen LogP contribution in [0.5, 0.6) is 0 Å². The van der Waals surface area contributed by atoms with Crippen LogP contribution in [0.15, 0.2) is 15.9 Å². The number of alkyl halides is 3. The molecule has 2 heterocycles. The van der Waals surface area contributed by atoms with Gasteiger partial charge in [-0.1, -0.05) is 0 Å². The molecule has 1 fully saturated rings. The molecule has 0 atom stereocenters. The molecule has 0 saturated carbocycles. The first-order valence-corrected chi connectivity index (χ1v) is 7.34. The van der Waals surface area contributed by atoms with Crippen molar-refractivity contribution in [2.24, 2.45) is 0 Å². The smallest absolute Gasteiger partial charge is 0.296 e. The highest BCUT2D eigenvalue weighted by atomic mass is 79.9. The Morgan fingerprint density at radius 3 is 2.28 bits per heavy atom. The molecule has 1 aliphatic rings. The van der Waals surface area contributed by atoms with Crippen molar-refractivity contribution in [3.63, 3.8) is 0 Å². The zero-order chi connectivity index (χ0) is 13.2. The van der Waals surface area contributed by atoms with Gasteiger partial charge in [-0.25, -0.2) is 0 Å². The largest absolute Gasteiger partial charge is 0.401 e. The van der Waals surface area contributed by atoms with E-state index in [0.717, 1.165) is 11.0 Å². The lowest BCUT2D eigenvalue weighted by Gasteiger charge is -2.34. The molecule has 1 saturated heterocycles. The summed E-state index contributed by atoms with van der Waals surface area (Å²) in [5.41, 5.74) is 0. The van der Waals surface area contributed by atoms with Crippen molar-refractivity contribution in [2.45, 2.75) is 12.7 Å². The maximum absolute atomic E-state index is 12.2. The first kappa shape index (κ1) is 14.3. The molecule has 1 aromatic rings. The summed E-state index contributed by atoms with van der Waals surface area (Å²) < 4.78 is 37.8. The van der Waals surface area contributed by atoms with Gasteiger partial charge in [0, 0.05) is 47.5 Å². The average molecular weight is 343 g/mol. The van der Waals surface area contributed by atoms with Crippen molar-refractivity contribution < 1.29 is 13.2 Å². The summed E-state index contributed by atoms with van der Waals surface area (Å²) >= 11 is 5.07. The van der Waals surface area contributed by atoms with E-state index in [9.17, 15) is 13.2 Å². The van der Waals surface area contributed by atoms with Crippen LogP contribution in [0.4, 0.5) is 13.2 Å². The normalized spacial score (nSPS) is 19.3. The lowest BCUT2D eigenvalue weighted by molar-refractivity contribution is -0.149. The second-order valence-electron chi connectivity index (χ2n) is 4.40. The molecule has 0 aliphatic carbocycles. The second-order valence-corrected chi connectivity index (χ2v) is 6.31. The van der Waals surface area contributed by atoms with Crippen LogP contribution < -0.4 is 0 Å². The predicted molar refractivity (Wildman–Crippen MR) is 69.8 cm³/mol. The van der Waals surface area contributed by atoms with E-state index in [-0.39, 0.29) is 0 Å². The molecule has 1 aromatic heterocycles. The molecule has 0 unspecified atom stereocenters. The van der Waals surface area contributed by atoms with Gasteiger partial charge in [-0.05, 0) is 22.0 Å². The Kier molecular flexibility index (Phi) is 4.69. The van der Waals surface area contributed by atoms with Gasteiger partial charge in [0.2, 0.25) is 0 Å². The number of nitrogens with zero attached hydrogens (tertiary/aromatic N) is 2. The van der Waals surface area contributed by atoms with E-state index in [0.29, 0.717) is 26.2 Å². The van der Waals surface area contributed by atoms with E-state index in [1.165, 1.54) is 9.78 Å². The number of hydrogen-bond donors (Lipinski definition) is 0. The molecule has 1 aliphatic heterocycles. The Morgan fingerprint density at radius 1 is 1.17 bits per heavy atom. The molecule has 0 N–H and O–H groups in total. The average Bonchev–Trinajstić information content (AvgIpc) is 2.65. The number of piperazine rings is 1. The fourth-order valence-electron chi connectivity index (χ4n) is 2.02. The Hall–Kier alpha value is -0.110. The molecular formula is C11H14BrF3N2S. The number of rotatable bonds is 3. The van der Waals surface area contributed by atoms with Gasteiger partial charge in [0.25, 0.3) is 0 Å². The van der Waals surface area contributed by atoms with E-state index in [2.05, 4.69) is 26.9 Å². The van der Waals surface area contributed by atoms with Crippen LogP contribution in [0.3, 0.4) is 0 Å². The summed E-state index contributed by atoms with van der Waals surface area (Å²) in [6.07, 6.45) is -4.08. The number of halogens is 4. The Labute approximate surface area is 117 Å². The maximum atomic E-state index is 12.2. The summed E-state index contributed by atoms with van der Waals surface area (Å²) in [5.74, 6) is 0. The third-order valence-corrected chi connectivity index (χ3v) is 4.55. The van der Waals surface area contributed by atoms with Gasteiger partial charge in [0.1, 0.15) is 0 Å². The molecule has 7 heteroatoms. The van der Waals surface area contributed by atoms with E-state index < -0.39 is 12.7 Å². The fraction of sp³-hybridized carbons (Fsp3) is 0.636. The number of thiophene rings is 1. The van der Waals surface area contributed by atoms with Crippen LogP contribution in [-0.2, 0) is 6.54 Å². The number of hydrogen-bond acceptors (Lipinski definition) is 3. The van der Waals surface area contributed by atoms with Crippen molar-refractivity contribution in [3.8, 4) is 0 Å². The SMILES string of the molecule is FC(F)(F)CN1CCN(Cc2cc(Br)cs2)CC1. The van der Waals surface area contributed by atoms with Crippen molar-refractivity contribution in [1.82, 2.24) is 9.80 Å². The highest BCUT2D eigenvalue weighted by Crippen LogP contribution is 2.22. The Balaban J connectivity index is 1.77. The summed E-state index contributed by atoms with van der Waals surface area (Å²) in [4.78, 5) is 4.91. The lowest BCUT2D eigenvalue weighted by atomic mass is 10.3. The maximum Gasteiger partial charge on any atom is 0.401 e. The van der Waals surface area contributed by atoms with Gasteiger partial charge in [-0.3, -0.25) is 9.80 Å². The van der Waals surface area contributed by atoms with Crippen molar-refractivity contribution in [3.05, 3.63) is 20.8 Å². The van der Waals surface area contributed by atoms with Gasteiger partial charge in [0.05, 0.1) is 6.54 Å². The molecule has 0 amide bonds. The molecular weight excluding hydrogens is 329 g/mol. The molecule has 2 rings (SSSR count). The first-order valence-electron chi connectivity index (χ1n) is 5.67. The second kappa shape index (κ2) is 5.90. The molecule has 0 spiro atoms. The van der Waals surface area contributed by atoms with Crippen molar-refractivity contribution >= 4 is 27.3 Å². The standard InChI is InChI=1S/C11H14BrF3N2S/c12-9-5-10(18-7-9)6-16-1-3-17(4-2-16)8-11(13,14)15/h5,7H,1-4,6,8H2.